The number of hydrogen-bond donors (Lipinski definition) is 3. The molecule has 1 aromatic rings. The van der Waals surface area contributed by atoms with Crippen LogP contribution in [0.15, 0.2) is 23.2 Å². The highest BCUT2D eigenvalue weighted by atomic mass is 32.2. The number of rotatable bonds is 4. The number of nitrogen functional groups attached to an aromatic ring is 1. The first-order chi connectivity index (χ1) is 8.49. The fourth-order valence-electron chi connectivity index (χ4n) is 2.17. The average Bonchev–Trinajstić information content (AvgIpc) is 2.73. The predicted octanol–water partition coefficient (Wildman–Crippen LogP) is 0.103. The Kier molecular flexibility index (Phi) is 3.84. The molecule has 1 fully saturated rings. The van der Waals surface area contributed by atoms with E-state index in [0.717, 1.165) is 12.8 Å². The number of aliphatic hydroxyl groups is 1. The van der Waals surface area contributed by atoms with Crippen molar-refractivity contribution in [1.29, 1.82) is 0 Å². The maximum Gasteiger partial charge on any atom is 0.244 e. The lowest BCUT2D eigenvalue weighted by atomic mass is 10.1. The lowest BCUT2D eigenvalue weighted by Gasteiger charge is -2.12. The summed E-state index contributed by atoms with van der Waals surface area (Å²) < 4.78 is 26.5. The number of aliphatic hydroxyl groups excluding tert-OH is 1. The number of nitrogens with two attached hydrogens (primary N) is 1. The normalized spacial score (nSPS) is 24.3. The van der Waals surface area contributed by atoms with Crippen molar-refractivity contribution in [2.24, 2.45) is 5.92 Å². The SMILES string of the molecule is Nc1ncccc1S(=O)(=O)NCC1CCC(O)C1. The standard InChI is InChI=1S/C11H17N3O3S/c12-11-10(2-1-5-13-11)18(16,17)14-7-8-3-4-9(15)6-8/h1-2,5,8-9,14-15H,3-4,6-7H2,(H2,12,13). The van der Waals surface area contributed by atoms with Gasteiger partial charge in [-0.05, 0) is 37.3 Å². The first-order valence-corrected chi connectivity index (χ1v) is 7.35. The van der Waals surface area contributed by atoms with Gasteiger partial charge >= 0.3 is 0 Å². The summed E-state index contributed by atoms with van der Waals surface area (Å²) in [6.07, 6.45) is 3.36. The van der Waals surface area contributed by atoms with Crippen molar-refractivity contribution in [3.8, 4) is 0 Å². The summed E-state index contributed by atoms with van der Waals surface area (Å²) in [6.45, 7) is 0.327. The molecule has 0 spiro atoms. The molecule has 0 radical (unpaired) electrons. The van der Waals surface area contributed by atoms with Crippen LogP contribution in [0, 0.1) is 5.92 Å². The van der Waals surface area contributed by atoms with Crippen molar-refractivity contribution in [2.45, 2.75) is 30.3 Å². The molecule has 0 aromatic carbocycles. The molecule has 1 heterocycles. The van der Waals surface area contributed by atoms with Crippen LogP contribution >= 0.6 is 0 Å². The number of nitrogens with zero attached hydrogens (tertiary/aromatic N) is 1. The van der Waals surface area contributed by atoms with Crippen LogP contribution in [0.3, 0.4) is 0 Å². The van der Waals surface area contributed by atoms with Gasteiger partial charge in [0.15, 0.2) is 0 Å². The Hall–Kier alpha value is -1.18. The Bertz CT molecular complexity index is 518. The molecule has 2 rings (SSSR count). The van der Waals surface area contributed by atoms with Crippen molar-refractivity contribution < 1.29 is 13.5 Å². The molecule has 1 aromatic heterocycles. The fourth-order valence-corrected chi connectivity index (χ4v) is 3.37. The van der Waals surface area contributed by atoms with Crippen molar-refractivity contribution in [2.75, 3.05) is 12.3 Å². The van der Waals surface area contributed by atoms with E-state index in [2.05, 4.69) is 9.71 Å². The number of aromatic nitrogens is 1. The molecule has 0 saturated heterocycles. The molecule has 7 heteroatoms. The Balaban J connectivity index is 2.02. The summed E-state index contributed by atoms with van der Waals surface area (Å²) in [5, 5.41) is 9.38. The Morgan fingerprint density at radius 2 is 2.28 bits per heavy atom. The van der Waals surface area contributed by atoms with Gasteiger partial charge in [0, 0.05) is 12.7 Å². The molecule has 1 aliphatic rings. The van der Waals surface area contributed by atoms with E-state index in [-0.39, 0.29) is 22.7 Å². The van der Waals surface area contributed by atoms with E-state index in [1.807, 2.05) is 0 Å². The van der Waals surface area contributed by atoms with Crippen LogP contribution in [-0.4, -0.2) is 31.2 Å². The molecule has 100 valence electrons. The topological polar surface area (TPSA) is 105 Å². The van der Waals surface area contributed by atoms with Crippen LogP contribution in [0.2, 0.25) is 0 Å². The molecule has 18 heavy (non-hydrogen) atoms. The van der Waals surface area contributed by atoms with Crippen LogP contribution in [0.1, 0.15) is 19.3 Å². The van der Waals surface area contributed by atoms with Crippen LogP contribution < -0.4 is 10.5 Å². The second-order valence-corrected chi connectivity index (χ2v) is 6.31. The van der Waals surface area contributed by atoms with E-state index in [1.165, 1.54) is 18.3 Å². The third-order valence-electron chi connectivity index (χ3n) is 3.16. The molecule has 6 nitrogen and oxygen atoms in total. The lowest BCUT2D eigenvalue weighted by molar-refractivity contribution is 0.178. The summed E-state index contributed by atoms with van der Waals surface area (Å²) in [7, 11) is -3.62. The Labute approximate surface area is 106 Å². The number of sulfonamides is 1. The van der Waals surface area contributed by atoms with Gasteiger partial charge in [0.05, 0.1) is 6.10 Å². The first-order valence-electron chi connectivity index (χ1n) is 5.87. The second kappa shape index (κ2) is 5.21. The highest BCUT2D eigenvalue weighted by Gasteiger charge is 2.25. The summed E-state index contributed by atoms with van der Waals surface area (Å²) in [6, 6.07) is 2.96. The van der Waals surface area contributed by atoms with E-state index in [1.54, 1.807) is 0 Å². The molecular weight excluding hydrogens is 254 g/mol. The molecule has 0 bridgehead atoms. The number of hydrogen-bond acceptors (Lipinski definition) is 5. The molecule has 2 unspecified atom stereocenters. The van der Waals surface area contributed by atoms with Gasteiger partial charge in [0.1, 0.15) is 10.7 Å². The molecule has 1 saturated carbocycles. The summed E-state index contributed by atoms with van der Waals surface area (Å²) in [5.41, 5.74) is 5.54. The van der Waals surface area contributed by atoms with Crippen molar-refractivity contribution in [1.82, 2.24) is 9.71 Å². The molecule has 0 aliphatic heterocycles. The third kappa shape index (κ3) is 2.98. The van der Waals surface area contributed by atoms with Gasteiger partial charge in [-0.3, -0.25) is 0 Å². The molecule has 1 aliphatic carbocycles. The van der Waals surface area contributed by atoms with Crippen LogP contribution in [-0.2, 0) is 10.0 Å². The second-order valence-electron chi connectivity index (χ2n) is 4.57. The first kappa shape index (κ1) is 13.3. The van der Waals surface area contributed by atoms with Gasteiger partial charge in [-0.2, -0.15) is 0 Å². The zero-order valence-electron chi connectivity index (χ0n) is 9.91. The summed E-state index contributed by atoms with van der Waals surface area (Å²) in [5.74, 6) is 0.184. The van der Waals surface area contributed by atoms with E-state index < -0.39 is 10.0 Å². The minimum atomic E-state index is -3.62. The zero-order valence-corrected chi connectivity index (χ0v) is 10.7. The molecular formula is C11H17N3O3S. The highest BCUT2D eigenvalue weighted by molar-refractivity contribution is 7.89. The van der Waals surface area contributed by atoms with Crippen LogP contribution in [0.25, 0.3) is 0 Å². The zero-order chi connectivity index (χ0) is 13.2. The van der Waals surface area contributed by atoms with Gasteiger partial charge in [-0.15, -0.1) is 0 Å². The minimum Gasteiger partial charge on any atom is -0.393 e. The van der Waals surface area contributed by atoms with Gasteiger partial charge in [-0.1, -0.05) is 0 Å². The third-order valence-corrected chi connectivity index (χ3v) is 4.64. The van der Waals surface area contributed by atoms with Gasteiger partial charge in [-0.25, -0.2) is 18.1 Å². The fraction of sp³-hybridized carbons (Fsp3) is 0.545. The van der Waals surface area contributed by atoms with Crippen molar-refractivity contribution >= 4 is 15.8 Å². The maximum atomic E-state index is 12.0. The quantitative estimate of drug-likeness (QED) is 0.720. The maximum absolute atomic E-state index is 12.0. The van der Waals surface area contributed by atoms with Gasteiger partial charge in [0.2, 0.25) is 10.0 Å². The largest absolute Gasteiger partial charge is 0.393 e. The Morgan fingerprint density at radius 1 is 1.50 bits per heavy atom. The summed E-state index contributed by atoms with van der Waals surface area (Å²) in [4.78, 5) is 3.76. The van der Waals surface area contributed by atoms with Crippen molar-refractivity contribution in [3.63, 3.8) is 0 Å². The molecule has 0 amide bonds. The Morgan fingerprint density at radius 3 is 2.89 bits per heavy atom. The highest BCUT2D eigenvalue weighted by Crippen LogP contribution is 2.25. The van der Waals surface area contributed by atoms with Gasteiger partial charge < -0.3 is 10.8 Å². The monoisotopic (exact) mass is 271 g/mol. The van der Waals surface area contributed by atoms with E-state index in [4.69, 9.17) is 5.73 Å². The predicted molar refractivity (Wildman–Crippen MR) is 67.2 cm³/mol. The van der Waals surface area contributed by atoms with E-state index in [9.17, 15) is 13.5 Å². The average molecular weight is 271 g/mol. The van der Waals surface area contributed by atoms with Crippen molar-refractivity contribution in [3.05, 3.63) is 18.3 Å². The van der Waals surface area contributed by atoms with E-state index >= 15 is 0 Å². The smallest absolute Gasteiger partial charge is 0.244 e. The number of nitrogens with one attached hydrogen (secondary N) is 1. The lowest BCUT2D eigenvalue weighted by Crippen LogP contribution is -2.29. The van der Waals surface area contributed by atoms with Crippen LogP contribution in [0.5, 0.6) is 0 Å². The molecule has 4 N–H and O–H groups in total. The summed E-state index contributed by atoms with van der Waals surface area (Å²) >= 11 is 0. The van der Waals surface area contributed by atoms with Crippen LogP contribution in [0.4, 0.5) is 5.82 Å². The van der Waals surface area contributed by atoms with Gasteiger partial charge in [0.25, 0.3) is 0 Å². The number of pyridine rings is 1. The number of anilines is 1. The minimum absolute atomic E-state index is 0.00328. The van der Waals surface area contributed by atoms with E-state index in [0.29, 0.717) is 13.0 Å². The molecule has 2 atom stereocenters.